The number of hydrogen-bond acceptors (Lipinski definition) is 4. The van der Waals surface area contributed by atoms with Crippen LogP contribution in [0, 0.1) is 10.1 Å². The van der Waals surface area contributed by atoms with E-state index in [1.807, 2.05) is 0 Å². The number of hydrogen-bond donors (Lipinski definition) is 1. The number of nitro groups is 1. The minimum atomic E-state index is -0.912. The molecule has 1 aromatic rings. The number of carboxylic acid groups (broad SMARTS) is 1. The van der Waals surface area contributed by atoms with Crippen LogP contribution in [0.2, 0.25) is 0 Å². The van der Waals surface area contributed by atoms with Crippen molar-refractivity contribution in [2.45, 2.75) is 11.3 Å². The summed E-state index contributed by atoms with van der Waals surface area (Å²) in [5.41, 5.74) is -0.00131. The highest BCUT2D eigenvalue weighted by Gasteiger charge is 2.14. The summed E-state index contributed by atoms with van der Waals surface area (Å²) < 4.78 is 0.732. The van der Waals surface area contributed by atoms with Crippen molar-refractivity contribution >= 4 is 39.3 Å². The summed E-state index contributed by atoms with van der Waals surface area (Å²) in [5.74, 6) is -0.600. The number of benzene rings is 1. The van der Waals surface area contributed by atoms with E-state index in [0.717, 1.165) is 4.47 Å². The number of rotatable bonds is 5. The highest BCUT2D eigenvalue weighted by atomic mass is 79.9. The van der Waals surface area contributed by atoms with Gasteiger partial charge in [-0.1, -0.05) is 15.9 Å². The van der Waals surface area contributed by atoms with Gasteiger partial charge < -0.3 is 5.11 Å². The molecular formula is C9H8BrNO4S. The monoisotopic (exact) mass is 305 g/mol. The Balaban J connectivity index is 2.80. The first-order chi connectivity index (χ1) is 7.50. The average Bonchev–Trinajstić information content (AvgIpc) is 2.16. The van der Waals surface area contributed by atoms with Gasteiger partial charge >= 0.3 is 5.97 Å². The molecule has 5 nitrogen and oxygen atoms in total. The minimum Gasteiger partial charge on any atom is -0.481 e. The van der Waals surface area contributed by atoms with Crippen molar-refractivity contribution in [1.29, 1.82) is 0 Å². The van der Waals surface area contributed by atoms with E-state index in [9.17, 15) is 14.9 Å². The van der Waals surface area contributed by atoms with Crippen molar-refractivity contribution < 1.29 is 14.8 Å². The van der Waals surface area contributed by atoms with Gasteiger partial charge in [0.1, 0.15) is 0 Å². The minimum absolute atomic E-state index is 0.00131. The molecule has 0 aliphatic carbocycles. The summed E-state index contributed by atoms with van der Waals surface area (Å²) in [5, 5.41) is 19.2. The van der Waals surface area contributed by atoms with Gasteiger partial charge in [-0.05, 0) is 12.1 Å². The van der Waals surface area contributed by atoms with E-state index in [1.165, 1.54) is 17.8 Å². The van der Waals surface area contributed by atoms with E-state index in [1.54, 1.807) is 12.1 Å². The average molecular weight is 306 g/mol. The van der Waals surface area contributed by atoms with Crippen molar-refractivity contribution in [2.24, 2.45) is 0 Å². The highest BCUT2D eigenvalue weighted by molar-refractivity contribution is 9.10. The van der Waals surface area contributed by atoms with E-state index in [0.29, 0.717) is 10.6 Å². The first-order valence-corrected chi connectivity index (χ1v) is 6.07. The molecule has 0 aromatic heterocycles. The van der Waals surface area contributed by atoms with Crippen molar-refractivity contribution in [2.75, 3.05) is 5.75 Å². The molecule has 0 aliphatic rings. The zero-order valence-electron chi connectivity index (χ0n) is 8.05. The quantitative estimate of drug-likeness (QED) is 0.514. The van der Waals surface area contributed by atoms with E-state index in [2.05, 4.69) is 15.9 Å². The van der Waals surface area contributed by atoms with Crippen molar-refractivity contribution in [3.63, 3.8) is 0 Å². The van der Waals surface area contributed by atoms with Crippen LogP contribution in [-0.2, 0) is 4.79 Å². The van der Waals surface area contributed by atoms with Crippen molar-refractivity contribution in [3.05, 3.63) is 32.8 Å². The molecule has 0 heterocycles. The molecule has 7 heteroatoms. The zero-order chi connectivity index (χ0) is 12.1. The van der Waals surface area contributed by atoms with E-state index >= 15 is 0 Å². The lowest BCUT2D eigenvalue weighted by atomic mass is 10.3. The fourth-order valence-electron chi connectivity index (χ4n) is 1.00. The van der Waals surface area contributed by atoms with Gasteiger partial charge in [0.2, 0.25) is 0 Å². The number of carboxylic acids is 1. The Morgan fingerprint density at radius 3 is 2.81 bits per heavy atom. The number of thioether (sulfide) groups is 1. The summed E-state index contributed by atoms with van der Waals surface area (Å²) in [7, 11) is 0. The fourth-order valence-corrected chi connectivity index (χ4v) is 2.51. The molecule has 0 unspecified atom stereocenters. The Morgan fingerprint density at radius 1 is 1.56 bits per heavy atom. The Morgan fingerprint density at radius 2 is 2.25 bits per heavy atom. The van der Waals surface area contributed by atoms with Gasteiger partial charge in [0.05, 0.1) is 16.2 Å². The Labute approximate surface area is 104 Å². The number of aliphatic carboxylic acids is 1. The Kier molecular flexibility index (Phi) is 4.75. The second-order valence-corrected chi connectivity index (χ2v) is 4.91. The van der Waals surface area contributed by atoms with Gasteiger partial charge in [-0.3, -0.25) is 14.9 Å². The van der Waals surface area contributed by atoms with Crippen LogP contribution >= 0.6 is 27.7 Å². The second-order valence-electron chi connectivity index (χ2n) is 2.86. The molecule has 0 fully saturated rings. The summed E-state index contributed by atoms with van der Waals surface area (Å²) >= 11 is 4.38. The molecule has 0 saturated heterocycles. The second kappa shape index (κ2) is 5.86. The molecule has 0 saturated carbocycles. The summed E-state index contributed by atoms with van der Waals surface area (Å²) in [6, 6.07) is 4.59. The standard InChI is InChI=1S/C9H8BrNO4S/c10-6-1-2-7(11(14)15)8(5-6)16-4-3-9(12)13/h1-2,5H,3-4H2,(H,12,13). The third-order valence-electron chi connectivity index (χ3n) is 1.69. The smallest absolute Gasteiger partial charge is 0.304 e. The van der Waals surface area contributed by atoms with Crippen LogP contribution in [0.15, 0.2) is 27.6 Å². The van der Waals surface area contributed by atoms with Gasteiger partial charge in [0.15, 0.2) is 0 Å². The van der Waals surface area contributed by atoms with Crippen LogP contribution in [0.1, 0.15) is 6.42 Å². The molecule has 0 bridgehead atoms. The molecule has 0 aliphatic heterocycles. The predicted octanol–water partition coefficient (Wildman–Crippen LogP) is 2.92. The van der Waals surface area contributed by atoms with Crippen LogP contribution < -0.4 is 0 Å². The third-order valence-corrected chi connectivity index (χ3v) is 3.23. The third kappa shape index (κ3) is 3.82. The molecule has 0 atom stereocenters. The van der Waals surface area contributed by atoms with E-state index in [4.69, 9.17) is 5.11 Å². The Bertz CT molecular complexity index is 424. The fraction of sp³-hybridized carbons (Fsp3) is 0.222. The van der Waals surface area contributed by atoms with Crippen molar-refractivity contribution in [1.82, 2.24) is 0 Å². The van der Waals surface area contributed by atoms with Gasteiger partial charge in [-0.15, -0.1) is 11.8 Å². The number of halogens is 1. The molecule has 16 heavy (non-hydrogen) atoms. The number of nitro benzene ring substituents is 1. The Hall–Kier alpha value is -1.08. The molecule has 0 amide bonds. The molecule has 1 aromatic carbocycles. The summed E-state index contributed by atoms with van der Waals surface area (Å²) in [6.07, 6.45) is -0.0195. The van der Waals surface area contributed by atoms with Crippen LogP contribution in [0.5, 0.6) is 0 Å². The van der Waals surface area contributed by atoms with Gasteiger partial charge in [0, 0.05) is 16.3 Å². The molecule has 86 valence electrons. The molecule has 0 radical (unpaired) electrons. The van der Waals surface area contributed by atoms with Gasteiger partial charge in [0.25, 0.3) is 5.69 Å². The molecule has 1 N–H and O–H groups in total. The maximum Gasteiger partial charge on any atom is 0.304 e. The maximum absolute atomic E-state index is 10.7. The zero-order valence-corrected chi connectivity index (χ0v) is 10.5. The van der Waals surface area contributed by atoms with E-state index in [-0.39, 0.29) is 12.1 Å². The lowest BCUT2D eigenvalue weighted by Crippen LogP contribution is -1.97. The number of nitrogens with zero attached hydrogens (tertiary/aromatic N) is 1. The van der Waals surface area contributed by atoms with Crippen LogP contribution in [0.3, 0.4) is 0 Å². The number of carbonyl (C=O) groups is 1. The van der Waals surface area contributed by atoms with E-state index < -0.39 is 10.9 Å². The first kappa shape index (κ1) is 13.0. The van der Waals surface area contributed by atoms with Gasteiger partial charge in [-0.2, -0.15) is 0 Å². The summed E-state index contributed by atoms with van der Waals surface area (Å²) in [6.45, 7) is 0. The molecule has 1 rings (SSSR count). The van der Waals surface area contributed by atoms with Crippen LogP contribution in [-0.4, -0.2) is 21.8 Å². The molecule has 0 spiro atoms. The summed E-state index contributed by atoms with van der Waals surface area (Å²) in [4.78, 5) is 21.0. The normalized spacial score (nSPS) is 10.1. The maximum atomic E-state index is 10.7. The SMILES string of the molecule is O=C(O)CCSc1cc(Br)ccc1[N+](=O)[O-]. The topological polar surface area (TPSA) is 80.4 Å². The first-order valence-electron chi connectivity index (χ1n) is 4.29. The van der Waals surface area contributed by atoms with Gasteiger partial charge in [-0.25, -0.2) is 0 Å². The highest BCUT2D eigenvalue weighted by Crippen LogP contribution is 2.32. The van der Waals surface area contributed by atoms with Crippen molar-refractivity contribution in [3.8, 4) is 0 Å². The predicted molar refractivity (Wildman–Crippen MR) is 63.8 cm³/mol. The van der Waals surface area contributed by atoms with Crippen LogP contribution in [0.4, 0.5) is 5.69 Å². The lowest BCUT2D eigenvalue weighted by Gasteiger charge is -2.02. The lowest BCUT2D eigenvalue weighted by molar-refractivity contribution is -0.387. The van der Waals surface area contributed by atoms with Crippen LogP contribution in [0.25, 0.3) is 0 Å². The molecular weight excluding hydrogens is 298 g/mol. The largest absolute Gasteiger partial charge is 0.481 e.